The molecule has 24 heavy (non-hydrogen) atoms. The fourth-order valence-electron chi connectivity index (χ4n) is 3.14. The number of amides is 2. The van der Waals surface area contributed by atoms with E-state index in [1.54, 1.807) is 18.4 Å². The van der Waals surface area contributed by atoms with Crippen LogP contribution < -0.4 is 15.5 Å². The van der Waals surface area contributed by atoms with Crippen molar-refractivity contribution in [3.63, 3.8) is 0 Å². The zero-order valence-electron chi connectivity index (χ0n) is 13.8. The van der Waals surface area contributed by atoms with Gasteiger partial charge < -0.3 is 15.5 Å². The molecule has 1 unspecified atom stereocenters. The van der Waals surface area contributed by atoms with Crippen molar-refractivity contribution in [2.45, 2.75) is 18.8 Å². The molecular formula is C17H23N4O2S+. The molecule has 1 aliphatic rings. The second-order valence-corrected chi connectivity index (χ2v) is 7.25. The number of aromatic nitrogens is 1. The van der Waals surface area contributed by atoms with E-state index in [9.17, 15) is 9.59 Å². The molecule has 3 N–H and O–H groups in total. The molecule has 0 spiro atoms. The Bertz CT molecular complexity index is 697. The van der Waals surface area contributed by atoms with Gasteiger partial charge in [0.15, 0.2) is 6.54 Å². The van der Waals surface area contributed by atoms with Gasteiger partial charge in [-0.25, -0.2) is 4.98 Å². The molecule has 0 radical (unpaired) electrons. The Morgan fingerprint density at radius 2 is 2.17 bits per heavy atom. The number of hydrogen-bond donors (Lipinski definition) is 3. The van der Waals surface area contributed by atoms with Gasteiger partial charge >= 0.3 is 0 Å². The molecule has 2 atom stereocenters. The summed E-state index contributed by atoms with van der Waals surface area (Å²) in [5.41, 5.74) is 1.06. The van der Waals surface area contributed by atoms with Crippen LogP contribution in [0.4, 0.5) is 0 Å². The number of hydrogen-bond acceptors (Lipinski definition) is 4. The third-order valence-electron chi connectivity index (χ3n) is 4.41. The minimum Gasteiger partial charge on any atom is -0.358 e. The molecule has 1 saturated heterocycles. The zero-order chi connectivity index (χ0) is 16.9. The number of nitrogens with one attached hydrogen (secondary N) is 3. The van der Waals surface area contributed by atoms with Crippen molar-refractivity contribution in [3.05, 3.63) is 29.3 Å². The van der Waals surface area contributed by atoms with Crippen molar-refractivity contribution >= 4 is 33.4 Å². The number of rotatable bonds is 5. The van der Waals surface area contributed by atoms with Crippen molar-refractivity contribution in [1.82, 2.24) is 15.6 Å². The first-order chi connectivity index (χ1) is 11.7. The van der Waals surface area contributed by atoms with Crippen LogP contribution in [-0.4, -0.2) is 50.0 Å². The van der Waals surface area contributed by atoms with Crippen molar-refractivity contribution in [2.24, 2.45) is 0 Å². The molecule has 0 aliphatic carbocycles. The lowest BCUT2D eigenvalue weighted by Crippen LogP contribution is -3.14. The summed E-state index contributed by atoms with van der Waals surface area (Å²) in [5.74, 6) is 0.167. The molecular weight excluding hydrogens is 324 g/mol. The van der Waals surface area contributed by atoms with Crippen molar-refractivity contribution in [2.75, 3.05) is 33.2 Å². The van der Waals surface area contributed by atoms with E-state index in [2.05, 4.69) is 22.8 Å². The van der Waals surface area contributed by atoms with Crippen LogP contribution in [0, 0.1) is 0 Å². The molecule has 2 amide bonds. The predicted octanol–water partition coefficient (Wildman–Crippen LogP) is -0.0792. The Morgan fingerprint density at radius 3 is 2.96 bits per heavy atom. The van der Waals surface area contributed by atoms with Crippen LogP contribution in [0.5, 0.6) is 0 Å². The average Bonchev–Trinajstić information content (AvgIpc) is 3.04. The van der Waals surface area contributed by atoms with Crippen LogP contribution >= 0.6 is 11.3 Å². The maximum absolute atomic E-state index is 12.0. The standard InChI is InChI=1S/C17H22N4O2S/c1-18-15(22)9-19-16(23)11-21-8-4-5-12(10-21)17-20-13-6-2-3-7-14(13)24-17/h2-3,6-7,12H,4-5,8-11H2,1H3,(H,18,22)(H,19,23)/p+1/t12-/m1/s1. The van der Waals surface area contributed by atoms with Gasteiger partial charge in [0.1, 0.15) is 5.01 Å². The summed E-state index contributed by atoms with van der Waals surface area (Å²) >= 11 is 1.76. The first-order valence-electron chi connectivity index (χ1n) is 8.32. The average molecular weight is 347 g/mol. The molecule has 1 fully saturated rings. The van der Waals surface area contributed by atoms with Gasteiger partial charge in [0.25, 0.3) is 5.91 Å². The normalized spacial score (nSPS) is 20.7. The number of carbonyl (C=O) groups excluding carboxylic acids is 2. The van der Waals surface area contributed by atoms with Gasteiger partial charge in [-0.05, 0) is 25.0 Å². The first kappa shape index (κ1) is 16.9. The third-order valence-corrected chi connectivity index (χ3v) is 5.61. The van der Waals surface area contributed by atoms with Crippen LogP contribution in [0.3, 0.4) is 0 Å². The highest BCUT2D eigenvalue weighted by molar-refractivity contribution is 7.18. The van der Waals surface area contributed by atoms with Crippen molar-refractivity contribution in [1.29, 1.82) is 0 Å². The first-order valence-corrected chi connectivity index (χ1v) is 9.13. The van der Waals surface area contributed by atoms with Gasteiger partial charge in [-0.3, -0.25) is 9.59 Å². The smallest absolute Gasteiger partial charge is 0.275 e. The molecule has 1 aromatic carbocycles. The molecule has 6 nitrogen and oxygen atoms in total. The molecule has 7 heteroatoms. The number of carbonyl (C=O) groups is 2. The summed E-state index contributed by atoms with van der Waals surface area (Å²) in [5, 5.41) is 6.35. The van der Waals surface area contributed by atoms with Crippen LogP contribution in [0.1, 0.15) is 23.8 Å². The Morgan fingerprint density at radius 1 is 1.33 bits per heavy atom. The number of likely N-dealkylation sites (tertiary alicyclic amines) is 1. The molecule has 2 heterocycles. The van der Waals surface area contributed by atoms with Gasteiger partial charge in [-0.15, -0.1) is 11.3 Å². The number of likely N-dealkylation sites (N-methyl/N-ethyl adjacent to an activating group) is 1. The largest absolute Gasteiger partial charge is 0.358 e. The number of nitrogens with zero attached hydrogens (tertiary/aromatic N) is 1. The molecule has 3 rings (SSSR count). The Hall–Kier alpha value is -1.99. The van der Waals surface area contributed by atoms with E-state index in [0.29, 0.717) is 12.5 Å². The van der Waals surface area contributed by atoms with E-state index in [1.165, 1.54) is 14.6 Å². The van der Waals surface area contributed by atoms with Crippen molar-refractivity contribution < 1.29 is 14.5 Å². The van der Waals surface area contributed by atoms with E-state index < -0.39 is 0 Å². The molecule has 128 valence electrons. The fourth-order valence-corrected chi connectivity index (χ4v) is 4.25. The van der Waals surface area contributed by atoms with Gasteiger partial charge in [0.2, 0.25) is 5.91 Å². The van der Waals surface area contributed by atoms with Gasteiger partial charge in [0, 0.05) is 7.05 Å². The second kappa shape index (κ2) is 7.72. The lowest BCUT2D eigenvalue weighted by atomic mass is 9.99. The zero-order valence-corrected chi connectivity index (χ0v) is 14.6. The number of fused-ring (bicyclic) bond motifs is 1. The fraction of sp³-hybridized carbons (Fsp3) is 0.471. The number of benzene rings is 1. The Balaban J connectivity index is 1.58. The second-order valence-electron chi connectivity index (χ2n) is 6.19. The summed E-state index contributed by atoms with van der Waals surface area (Å²) in [4.78, 5) is 29.2. The van der Waals surface area contributed by atoms with E-state index in [-0.39, 0.29) is 18.4 Å². The maximum atomic E-state index is 12.0. The predicted molar refractivity (Wildman–Crippen MR) is 94.2 cm³/mol. The van der Waals surface area contributed by atoms with Crippen LogP contribution in [-0.2, 0) is 9.59 Å². The van der Waals surface area contributed by atoms with Crippen molar-refractivity contribution in [3.8, 4) is 0 Å². The monoisotopic (exact) mass is 347 g/mol. The summed E-state index contributed by atoms with van der Waals surface area (Å²) in [6.45, 7) is 2.38. The molecule has 2 aromatic rings. The molecule has 1 aromatic heterocycles. The minimum atomic E-state index is -0.177. The molecule has 1 aliphatic heterocycles. The van der Waals surface area contributed by atoms with Crippen LogP contribution in [0.15, 0.2) is 24.3 Å². The highest BCUT2D eigenvalue weighted by atomic mass is 32.1. The van der Waals surface area contributed by atoms with E-state index in [1.807, 2.05) is 12.1 Å². The van der Waals surface area contributed by atoms with Crippen LogP contribution in [0.25, 0.3) is 10.2 Å². The lowest BCUT2D eigenvalue weighted by Gasteiger charge is -2.28. The SMILES string of the molecule is CNC(=O)CNC(=O)C[NH+]1CCC[C@@H](c2nc3ccccc3s2)C1. The molecule has 0 saturated carbocycles. The minimum absolute atomic E-state index is 0.0455. The highest BCUT2D eigenvalue weighted by Crippen LogP contribution is 2.30. The number of quaternary nitrogens is 1. The van der Waals surface area contributed by atoms with Gasteiger partial charge in [-0.1, -0.05) is 12.1 Å². The van der Waals surface area contributed by atoms with Gasteiger partial charge in [-0.2, -0.15) is 0 Å². The number of para-hydroxylation sites is 1. The number of thiazole rings is 1. The van der Waals surface area contributed by atoms with E-state index in [4.69, 9.17) is 4.98 Å². The summed E-state index contributed by atoms with van der Waals surface area (Å²) in [6, 6.07) is 8.21. The third kappa shape index (κ3) is 4.10. The van der Waals surface area contributed by atoms with Crippen LogP contribution in [0.2, 0.25) is 0 Å². The lowest BCUT2D eigenvalue weighted by molar-refractivity contribution is -0.898. The highest BCUT2D eigenvalue weighted by Gasteiger charge is 2.28. The van der Waals surface area contributed by atoms with E-state index >= 15 is 0 Å². The maximum Gasteiger partial charge on any atom is 0.275 e. The van der Waals surface area contributed by atoms with E-state index in [0.717, 1.165) is 31.4 Å². The number of piperidine rings is 1. The summed E-state index contributed by atoms with van der Waals surface area (Å²) in [6.07, 6.45) is 2.22. The summed E-state index contributed by atoms with van der Waals surface area (Å²) in [7, 11) is 1.56. The van der Waals surface area contributed by atoms with Gasteiger partial charge in [0.05, 0.1) is 35.8 Å². The topological polar surface area (TPSA) is 75.5 Å². The quantitative estimate of drug-likeness (QED) is 0.708. The Kier molecular flexibility index (Phi) is 5.42. The Labute approximate surface area is 145 Å². The summed E-state index contributed by atoms with van der Waals surface area (Å²) < 4.78 is 1.22. The molecule has 0 bridgehead atoms.